The number of carbonyl (C=O) groups is 1. The van der Waals surface area contributed by atoms with Crippen LogP contribution in [0, 0.1) is 11.3 Å². The number of rotatable bonds is 4. The molecule has 19 heavy (non-hydrogen) atoms. The summed E-state index contributed by atoms with van der Waals surface area (Å²) < 4.78 is 0. The van der Waals surface area contributed by atoms with Crippen LogP contribution in [0.2, 0.25) is 0 Å². The first-order chi connectivity index (χ1) is 9.19. The van der Waals surface area contributed by atoms with E-state index in [1.54, 1.807) is 12.3 Å². The molecule has 0 fully saturated rings. The van der Waals surface area contributed by atoms with Crippen LogP contribution in [0.5, 0.6) is 0 Å². The van der Waals surface area contributed by atoms with E-state index >= 15 is 0 Å². The minimum Gasteiger partial charge on any atom is -0.478 e. The van der Waals surface area contributed by atoms with E-state index < -0.39 is 5.97 Å². The lowest BCUT2D eigenvalue weighted by molar-refractivity contribution is 0.0696. The van der Waals surface area contributed by atoms with Gasteiger partial charge in [-0.2, -0.15) is 5.26 Å². The van der Waals surface area contributed by atoms with Gasteiger partial charge >= 0.3 is 5.97 Å². The van der Waals surface area contributed by atoms with Crippen LogP contribution < -0.4 is 0 Å². The van der Waals surface area contributed by atoms with Crippen LogP contribution >= 0.6 is 11.8 Å². The lowest BCUT2D eigenvalue weighted by Gasteiger charge is -2.02. The van der Waals surface area contributed by atoms with Gasteiger partial charge in [0.25, 0.3) is 0 Å². The molecule has 0 unspecified atom stereocenters. The predicted molar refractivity (Wildman–Crippen MR) is 69.7 cm³/mol. The molecule has 94 valence electrons. The molecule has 1 N–H and O–H groups in total. The number of hydrogen-bond acceptors (Lipinski definition) is 5. The molecule has 0 bridgehead atoms. The van der Waals surface area contributed by atoms with Gasteiger partial charge in [0.2, 0.25) is 0 Å². The molecule has 0 aliphatic heterocycles. The molecule has 0 spiro atoms. The van der Waals surface area contributed by atoms with Crippen LogP contribution in [0.1, 0.15) is 21.6 Å². The summed E-state index contributed by atoms with van der Waals surface area (Å²) in [6.45, 7) is 0. The van der Waals surface area contributed by atoms with Gasteiger partial charge in [-0.25, -0.2) is 14.8 Å². The Hall–Kier alpha value is -2.39. The number of nitrogens with zero attached hydrogens (tertiary/aromatic N) is 3. The second-order valence-corrected chi connectivity index (χ2v) is 4.63. The van der Waals surface area contributed by atoms with Crippen molar-refractivity contribution in [1.29, 1.82) is 5.26 Å². The molecule has 2 aromatic rings. The Morgan fingerprint density at radius 2 is 2.11 bits per heavy atom. The summed E-state index contributed by atoms with van der Waals surface area (Å²) >= 11 is 1.41. The lowest BCUT2D eigenvalue weighted by atomic mass is 10.2. The second-order valence-electron chi connectivity index (χ2n) is 3.64. The number of pyridine rings is 2. The summed E-state index contributed by atoms with van der Waals surface area (Å²) in [5, 5.41) is 18.3. The van der Waals surface area contributed by atoms with Gasteiger partial charge in [-0.3, -0.25) is 0 Å². The molecule has 0 saturated heterocycles. The molecule has 2 heterocycles. The Balaban J connectivity index is 2.08. The number of aromatic carboxylic acids is 1. The smallest absolute Gasteiger partial charge is 0.335 e. The first-order valence-corrected chi connectivity index (χ1v) is 6.35. The number of aromatic nitrogens is 2. The van der Waals surface area contributed by atoms with Crippen molar-refractivity contribution in [2.45, 2.75) is 10.8 Å². The highest BCUT2D eigenvalue weighted by Gasteiger charge is 2.05. The first kappa shape index (κ1) is 13.1. The fourth-order valence-electron chi connectivity index (χ4n) is 1.40. The SMILES string of the molecule is N#Cc1cc(CSc2cc(C(=O)O)ccn2)ccn1. The third-order valence-corrected chi connectivity index (χ3v) is 3.30. The number of carboxylic acid groups (broad SMARTS) is 1. The van der Waals surface area contributed by atoms with E-state index in [1.807, 2.05) is 12.1 Å². The molecule has 2 aromatic heterocycles. The average Bonchev–Trinajstić information content (AvgIpc) is 2.45. The number of nitriles is 1. The minimum atomic E-state index is -0.972. The van der Waals surface area contributed by atoms with Crippen LogP contribution in [0.25, 0.3) is 0 Å². The van der Waals surface area contributed by atoms with Crippen molar-refractivity contribution < 1.29 is 9.90 Å². The van der Waals surface area contributed by atoms with Crippen LogP contribution in [-0.2, 0) is 5.75 Å². The van der Waals surface area contributed by atoms with Crippen molar-refractivity contribution in [3.8, 4) is 6.07 Å². The average molecular weight is 271 g/mol. The highest BCUT2D eigenvalue weighted by molar-refractivity contribution is 7.98. The van der Waals surface area contributed by atoms with Gasteiger partial charge in [-0.1, -0.05) is 0 Å². The standard InChI is InChI=1S/C13H9N3O2S/c14-7-11-5-9(1-3-15-11)8-19-12-6-10(13(17)18)2-4-16-12/h1-6H,8H2,(H,17,18). The summed E-state index contributed by atoms with van der Waals surface area (Å²) in [7, 11) is 0. The Bertz CT molecular complexity index is 652. The van der Waals surface area contributed by atoms with E-state index in [4.69, 9.17) is 10.4 Å². The van der Waals surface area contributed by atoms with Gasteiger partial charge in [-0.15, -0.1) is 11.8 Å². The van der Waals surface area contributed by atoms with Crippen LogP contribution in [-0.4, -0.2) is 21.0 Å². The molecule has 0 radical (unpaired) electrons. The molecule has 0 saturated carbocycles. The van der Waals surface area contributed by atoms with Gasteiger partial charge < -0.3 is 5.11 Å². The molecule has 0 aromatic carbocycles. The third kappa shape index (κ3) is 3.53. The normalized spacial score (nSPS) is 9.84. The number of carboxylic acids is 1. The van der Waals surface area contributed by atoms with Gasteiger partial charge in [0.05, 0.1) is 10.6 Å². The molecular formula is C13H9N3O2S. The Morgan fingerprint density at radius 3 is 2.84 bits per heavy atom. The van der Waals surface area contributed by atoms with Crippen LogP contribution in [0.3, 0.4) is 0 Å². The highest BCUT2D eigenvalue weighted by Crippen LogP contribution is 2.21. The summed E-state index contributed by atoms with van der Waals surface area (Å²) in [5.41, 5.74) is 1.52. The maximum Gasteiger partial charge on any atom is 0.335 e. The van der Waals surface area contributed by atoms with Crippen molar-refractivity contribution in [3.05, 3.63) is 53.5 Å². The van der Waals surface area contributed by atoms with Gasteiger partial charge in [0.15, 0.2) is 0 Å². The van der Waals surface area contributed by atoms with Crippen molar-refractivity contribution in [2.24, 2.45) is 0 Å². The quantitative estimate of drug-likeness (QED) is 0.859. The minimum absolute atomic E-state index is 0.213. The van der Waals surface area contributed by atoms with E-state index in [1.165, 1.54) is 30.1 Å². The summed E-state index contributed by atoms with van der Waals surface area (Å²) in [5.74, 6) is -0.368. The number of hydrogen-bond donors (Lipinski definition) is 1. The van der Waals surface area contributed by atoms with Crippen LogP contribution in [0.15, 0.2) is 41.7 Å². The fraction of sp³-hybridized carbons (Fsp3) is 0.0769. The molecule has 5 nitrogen and oxygen atoms in total. The lowest BCUT2D eigenvalue weighted by Crippen LogP contribution is -1.96. The molecule has 0 atom stereocenters. The molecule has 2 rings (SSSR count). The van der Waals surface area contributed by atoms with Crippen LogP contribution in [0.4, 0.5) is 0 Å². The largest absolute Gasteiger partial charge is 0.478 e. The molecule has 6 heteroatoms. The Kier molecular flexibility index (Phi) is 4.11. The molecule has 0 aliphatic rings. The maximum absolute atomic E-state index is 10.8. The van der Waals surface area contributed by atoms with E-state index in [-0.39, 0.29) is 5.56 Å². The third-order valence-electron chi connectivity index (χ3n) is 2.31. The van der Waals surface area contributed by atoms with Crippen molar-refractivity contribution >= 4 is 17.7 Å². The zero-order valence-electron chi connectivity index (χ0n) is 9.78. The topological polar surface area (TPSA) is 86.9 Å². The van der Waals surface area contributed by atoms with Gasteiger partial charge in [0, 0.05) is 18.1 Å². The zero-order chi connectivity index (χ0) is 13.7. The molecular weight excluding hydrogens is 262 g/mol. The number of thioether (sulfide) groups is 1. The van der Waals surface area contributed by atoms with Gasteiger partial charge in [-0.05, 0) is 29.8 Å². The maximum atomic E-state index is 10.8. The zero-order valence-corrected chi connectivity index (χ0v) is 10.6. The van der Waals surface area contributed by atoms with E-state index in [0.29, 0.717) is 16.5 Å². The summed E-state index contributed by atoms with van der Waals surface area (Å²) in [6.07, 6.45) is 3.05. The fourth-order valence-corrected chi connectivity index (χ4v) is 2.24. The Morgan fingerprint density at radius 1 is 1.32 bits per heavy atom. The Labute approximate surface area is 113 Å². The summed E-state index contributed by atoms with van der Waals surface area (Å²) in [6, 6.07) is 8.47. The van der Waals surface area contributed by atoms with Crippen molar-refractivity contribution in [1.82, 2.24) is 9.97 Å². The highest BCUT2D eigenvalue weighted by atomic mass is 32.2. The van der Waals surface area contributed by atoms with Crippen molar-refractivity contribution in [3.63, 3.8) is 0 Å². The molecule has 0 aliphatic carbocycles. The predicted octanol–water partition coefficient (Wildman–Crippen LogP) is 2.34. The van der Waals surface area contributed by atoms with E-state index in [0.717, 1.165) is 5.56 Å². The van der Waals surface area contributed by atoms with Gasteiger partial charge in [0.1, 0.15) is 11.8 Å². The summed E-state index contributed by atoms with van der Waals surface area (Å²) in [4.78, 5) is 18.8. The van der Waals surface area contributed by atoms with E-state index in [9.17, 15) is 4.79 Å². The second kappa shape index (κ2) is 5.98. The first-order valence-electron chi connectivity index (χ1n) is 5.36. The van der Waals surface area contributed by atoms with Crippen molar-refractivity contribution in [2.75, 3.05) is 0 Å². The molecule has 0 amide bonds. The van der Waals surface area contributed by atoms with E-state index in [2.05, 4.69) is 9.97 Å². The monoisotopic (exact) mass is 271 g/mol.